The predicted octanol–water partition coefficient (Wildman–Crippen LogP) is 1.47. The van der Waals surface area contributed by atoms with Crippen molar-refractivity contribution in [2.75, 3.05) is 13.7 Å². The number of Topliss-reactive ketones (excluding diaryl/α,β-unsaturated/α-hetero) is 1. The fourth-order valence-electron chi connectivity index (χ4n) is 1.10. The van der Waals surface area contributed by atoms with Gasteiger partial charge in [-0.1, -0.05) is 12.1 Å². The molecule has 0 saturated heterocycles. The van der Waals surface area contributed by atoms with Crippen LogP contribution in [-0.4, -0.2) is 25.8 Å². The summed E-state index contributed by atoms with van der Waals surface area (Å²) >= 11 is 0. The van der Waals surface area contributed by atoms with Crippen molar-refractivity contribution in [3.63, 3.8) is 0 Å². The first-order valence-electron chi connectivity index (χ1n) is 4.13. The molecule has 1 aromatic carbocycles. The van der Waals surface area contributed by atoms with Crippen molar-refractivity contribution < 1.29 is 14.3 Å². The van der Waals surface area contributed by atoms with E-state index >= 15 is 0 Å². The zero-order valence-electron chi connectivity index (χ0n) is 8.64. The number of ether oxygens (including phenoxy) is 1. The summed E-state index contributed by atoms with van der Waals surface area (Å²) in [4.78, 5) is 21.5. The van der Waals surface area contributed by atoms with Gasteiger partial charge < -0.3 is 10.1 Å². The zero-order chi connectivity index (χ0) is 10.4. The number of ketones is 1. The standard InChI is InChI=1S/C10H11NO3.2ClH/c1-14-10-5-3-2-4-8(10)9(13)6-11-7-12;;/h2-5,7H,6H2,1H3,(H,11,12);2*1H. The second kappa shape index (κ2) is 9.00. The summed E-state index contributed by atoms with van der Waals surface area (Å²) in [5, 5.41) is 2.31. The van der Waals surface area contributed by atoms with Crippen LogP contribution in [0.15, 0.2) is 24.3 Å². The smallest absolute Gasteiger partial charge is 0.207 e. The summed E-state index contributed by atoms with van der Waals surface area (Å²) in [6.07, 6.45) is 0.493. The molecule has 1 N–H and O–H groups in total. The first kappa shape index (κ1) is 17.1. The molecule has 4 nitrogen and oxygen atoms in total. The number of para-hydroxylation sites is 1. The summed E-state index contributed by atoms with van der Waals surface area (Å²) in [6.45, 7) is -0.0100. The van der Waals surface area contributed by atoms with Crippen LogP contribution in [0.5, 0.6) is 5.75 Å². The second-order valence-electron chi connectivity index (χ2n) is 2.62. The first-order chi connectivity index (χ1) is 6.79. The first-order valence-corrected chi connectivity index (χ1v) is 4.13. The van der Waals surface area contributed by atoms with E-state index in [4.69, 9.17) is 4.74 Å². The van der Waals surface area contributed by atoms with Crippen LogP contribution in [0.25, 0.3) is 0 Å². The molecule has 0 heterocycles. The van der Waals surface area contributed by atoms with Gasteiger partial charge in [-0.05, 0) is 12.1 Å². The average Bonchev–Trinajstić information content (AvgIpc) is 2.25. The lowest BCUT2D eigenvalue weighted by atomic mass is 10.1. The molecule has 0 fully saturated rings. The van der Waals surface area contributed by atoms with E-state index < -0.39 is 0 Å². The van der Waals surface area contributed by atoms with Gasteiger partial charge in [-0.2, -0.15) is 0 Å². The number of carbonyl (C=O) groups excluding carboxylic acids is 2. The van der Waals surface area contributed by atoms with Gasteiger partial charge in [-0.15, -0.1) is 24.8 Å². The second-order valence-corrected chi connectivity index (χ2v) is 2.62. The van der Waals surface area contributed by atoms with Gasteiger partial charge in [-0.25, -0.2) is 0 Å². The van der Waals surface area contributed by atoms with Gasteiger partial charge in [0.1, 0.15) is 5.75 Å². The number of nitrogens with one attached hydrogen (secondary N) is 1. The Labute approximate surface area is 106 Å². The predicted molar refractivity (Wildman–Crippen MR) is 65.9 cm³/mol. The highest BCUT2D eigenvalue weighted by Crippen LogP contribution is 2.17. The van der Waals surface area contributed by atoms with Crippen LogP contribution < -0.4 is 10.1 Å². The minimum absolute atomic E-state index is 0. The maximum Gasteiger partial charge on any atom is 0.207 e. The van der Waals surface area contributed by atoms with E-state index in [0.717, 1.165) is 0 Å². The van der Waals surface area contributed by atoms with Crippen LogP contribution in [0.2, 0.25) is 0 Å². The molecule has 0 bridgehead atoms. The number of benzene rings is 1. The van der Waals surface area contributed by atoms with Crippen LogP contribution in [-0.2, 0) is 4.79 Å². The number of carbonyl (C=O) groups is 2. The van der Waals surface area contributed by atoms with Crippen molar-refractivity contribution >= 4 is 37.0 Å². The van der Waals surface area contributed by atoms with E-state index in [1.165, 1.54) is 7.11 Å². The molecule has 0 atom stereocenters. The van der Waals surface area contributed by atoms with E-state index in [1.54, 1.807) is 24.3 Å². The topological polar surface area (TPSA) is 55.4 Å². The fraction of sp³-hybridized carbons (Fsp3) is 0.200. The molecule has 0 saturated carbocycles. The van der Waals surface area contributed by atoms with E-state index in [1.807, 2.05) is 0 Å². The molecule has 1 rings (SSSR count). The molecule has 90 valence electrons. The largest absolute Gasteiger partial charge is 0.496 e. The van der Waals surface area contributed by atoms with Gasteiger partial charge in [0, 0.05) is 0 Å². The van der Waals surface area contributed by atoms with Crippen LogP contribution >= 0.6 is 24.8 Å². The lowest BCUT2D eigenvalue weighted by molar-refractivity contribution is -0.109. The number of methoxy groups -OCH3 is 1. The Morgan fingerprint density at radius 1 is 1.38 bits per heavy atom. The summed E-state index contributed by atoms with van der Waals surface area (Å²) in [5.41, 5.74) is 0.476. The highest BCUT2D eigenvalue weighted by atomic mass is 35.5. The Balaban J connectivity index is 0. The lowest BCUT2D eigenvalue weighted by Gasteiger charge is -2.06. The van der Waals surface area contributed by atoms with Gasteiger partial charge in [0.2, 0.25) is 6.41 Å². The monoisotopic (exact) mass is 265 g/mol. The Hall–Kier alpha value is -1.26. The van der Waals surface area contributed by atoms with Gasteiger partial charge in [0.25, 0.3) is 0 Å². The van der Waals surface area contributed by atoms with Gasteiger partial charge in [0.15, 0.2) is 5.78 Å². The number of halogens is 2. The number of amides is 1. The molecule has 0 unspecified atom stereocenters. The van der Waals surface area contributed by atoms with E-state index in [-0.39, 0.29) is 37.1 Å². The summed E-state index contributed by atoms with van der Waals surface area (Å²) in [5.74, 6) is 0.347. The molecule has 0 aliphatic rings. The van der Waals surface area contributed by atoms with Crippen molar-refractivity contribution in [3.05, 3.63) is 29.8 Å². The third kappa shape index (κ3) is 4.51. The number of hydrogen-bond donors (Lipinski definition) is 1. The maximum absolute atomic E-state index is 11.5. The molecule has 0 radical (unpaired) electrons. The summed E-state index contributed by atoms with van der Waals surface area (Å²) in [7, 11) is 1.50. The Bertz CT molecular complexity index is 345. The van der Waals surface area contributed by atoms with Crippen molar-refractivity contribution in [1.29, 1.82) is 0 Å². The van der Waals surface area contributed by atoms with Crippen molar-refractivity contribution in [2.45, 2.75) is 0 Å². The molecular weight excluding hydrogens is 253 g/mol. The highest BCUT2D eigenvalue weighted by Gasteiger charge is 2.09. The highest BCUT2D eigenvalue weighted by molar-refractivity contribution is 6.00. The zero-order valence-corrected chi connectivity index (χ0v) is 10.3. The molecular formula is C10H13Cl2NO3. The van der Waals surface area contributed by atoms with Gasteiger partial charge in [-0.3, -0.25) is 9.59 Å². The number of hydrogen-bond acceptors (Lipinski definition) is 3. The third-order valence-corrected chi connectivity index (χ3v) is 1.75. The summed E-state index contributed by atoms with van der Waals surface area (Å²) < 4.78 is 5.01. The Morgan fingerprint density at radius 2 is 2.00 bits per heavy atom. The molecule has 1 aromatic rings. The molecule has 16 heavy (non-hydrogen) atoms. The average molecular weight is 266 g/mol. The third-order valence-electron chi connectivity index (χ3n) is 1.75. The van der Waals surface area contributed by atoms with Gasteiger partial charge >= 0.3 is 0 Å². The van der Waals surface area contributed by atoms with Crippen LogP contribution in [0, 0.1) is 0 Å². The Morgan fingerprint density at radius 3 is 2.56 bits per heavy atom. The summed E-state index contributed by atoms with van der Waals surface area (Å²) in [6, 6.07) is 6.89. The lowest BCUT2D eigenvalue weighted by Crippen LogP contribution is -2.21. The minimum atomic E-state index is -0.172. The van der Waals surface area contributed by atoms with Crippen molar-refractivity contribution in [2.24, 2.45) is 0 Å². The fourth-order valence-corrected chi connectivity index (χ4v) is 1.10. The normalized spacial score (nSPS) is 8.06. The molecule has 1 amide bonds. The SMILES string of the molecule is COc1ccccc1C(=O)CNC=O.Cl.Cl. The Kier molecular flexibility index (Phi) is 9.65. The van der Waals surface area contributed by atoms with Gasteiger partial charge in [0.05, 0.1) is 19.2 Å². The van der Waals surface area contributed by atoms with E-state index in [2.05, 4.69) is 5.32 Å². The molecule has 0 aromatic heterocycles. The molecule has 0 spiro atoms. The number of rotatable bonds is 5. The molecule has 6 heteroatoms. The van der Waals surface area contributed by atoms with Crippen LogP contribution in [0.3, 0.4) is 0 Å². The van der Waals surface area contributed by atoms with Crippen LogP contribution in [0.1, 0.15) is 10.4 Å². The maximum atomic E-state index is 11.5. The molecule has 0 aliphatic carbocycles. The van der Waals surface area contributed by atoms with E-state index in [0.29, 0.717) is 17.7 Å². The quantitative estimate of drug-likeness (QED) is 0.648. The molecule has 0 aliphatic heterocycles. The minimum Gasteiger partial charge on any atom is -0.496 e. The van der Waals surface area contributed by atoms with Crippen molar-refractivity contribution in [3.8, 4) is 5.75 Å². The van der Waals surface area contributed by atoms with E-state index in [9.17, 15) is 9.59 Å². The van der Waals surface area contributed by atoms with Crippen molar-refractivity contribution in [1.82, 2.24) is 5.32 Å². The van der Waals surface area contributed by atoms with Crippen LogP contribution in [0.4, 0.5) is 0 Å².